The van der Waals surface area contributed by atoms with Crippen LogP contribution in [-0.4, -0.2) is 24.3 Å². The molecule has 0 saturated carbocycles. The van der Waals surface area contributed by atoms with Gasteiger partial charge < -0.3 is 14.6 Å². The fraction of sp³-hybridized carbons (Fsp3) is 0.385. The number of halogens is 1. The van der Waals surface area contributed by atoms with E-state index in [-0.39, 0.29) is 6.04 Å². The minimum Gasteiger partial charge on any atom is -0.407 e. The third-order valence-electron chi connectivity index (χ3n) is 3.00. The van der Waals surface area contributed by atoms with E-state index in [9.17, 15) is 0 Å². The Morgan fingerprint density at radius 3 is 2.89 bits per heavy atom. The zero-order valence-electron chi connectivity index (χ0n) is 11.2. The van der Waals surface area contributed by atoms with Gasteiger partial charge in [0, 0.05) is 12.1 Å². The fourth-order valence-electron chi connectivity index (χ4n) is 1.77. The molecule has 0 spiro atoms. The van der Waals surface area contributed by atoms with Crippen molar-refractivity contribution in [1.29, 1.82) is 0 Å². The molecule has 5 nitrogen and oxygen atoms in total. The Kier molecular flexibility index (Phi) is 4.39. The van der Waals surface area contributed by atoms with Crippen LogP contribution in [0.1, 0.15) is 24.4 Å². The summed E-state index contributed by atoms with van der Waals surface area (Å²) < 4.78 is 5.57. The molecule has 1 N–H and O–H groups in total. The van der Waals surface area contributed by atoms with Gasteiger partial charge in [-0.2, -0.15) is 0 Å². The lowest BCUT2D eigenvalue weighted by Crippen LogP contribution is -2.21. The Labute approximate surface area is 117 Å². The number of hydrogen-bond donors (Lipinski definition) is 1. The molecule has 19 heavy (non-hydrogen) atoms. The molecule has 0 aliphatic rings. The van der Waals surface area contributed by atoms with Crippen molar-refractivity contribution in [1.82, 2.24) is 15.5 Å². The molecule has 0 aliphatic carbocycles. The van der Waals surface area contributed by atoms with Gasteiger partial charge in [-0.3, -0.25) is 0 Å². The van der Waals surface area contributed by atoms with Crippen molar-refractivity contribution in [2.45, 2.75) is 19.5 Å². The van der Waals surface area contributed by atoms with E-state index in [2.05, 4.69) is 22.4 Å². The molecule has 0 radical (unpaired) electrons. The third kappa shape index (κ3) is 3.24. The minimum absolute atomic E-state index is 0.0987. The number of nitrogens with one attached hydrogen (secondary N) is 1. The molecule has 1 heterocycles. The highest BCUT2D eigenvalue weighted by Crippen LogP contribution is 2.25. The first-order chi connectivity index (χ1) is 9.11. The monoisotopic (exact) mass is 280 g/mol. The summed E-state index contributed by atoms with van der Waals surface area (Å²) >= 11 is 6.01. The number of nitrogens with zero attached hydrogens (tertiary/aromatic N) is 3. The molecule has 1 unspecified atom stereocenters. The van der Waals surface area contributed by atoms with E-state index in [1.165, 1.54) is 0 Å². The molecular formula is C13H17ClN4O. The highest BCUT2D eigenvalue weighted by Gasteiger charge is 2.17. The quantitative estimate of drug-likeness (QED) is 0.912. The smallest absolute Gasteiger partial charge is 0.318 e. The predicted octanol–water partition coefficient (Wildman–Crippen LogP) is 2.64. The zero-order valence-corrected chi connectivity index (χ0v) is 12.0. The first kappa shape index (κ1) is 13.8. The van der Waals surface area contributed by atoms with E-state index < -0.39 is 0 Å². The Morgan fingerprint density at radius 1 is 1.42 bits per heavy atom. The van der Waals surface area contributed by atoms with Gasteiger partial charge in [0.15, 0.2) is 0 Å². The van der Waals surface area contributed by atoms with Gasteiger partial charge in [0.1, 0.15) is 0 Å². The van der Waals surface area contributed by atoms with Gasteiger partial charge in [-0.1, -0.05) is 28.8 Å². The maximum absolute atomic E-state index is 6.01. The van der Waals surface area contributed by atoms with Gasteiger partial charge in [-0.25, -0.2) is 0 Å². The molecule has 0 aliphatic heterocycles. The molecule has 1 aromatic heterocycles. The first-order valence-electron chi connectivity index (χ1n) is 6.07. The molecule has 1 atom stereocenters. The standard InChI is InChI=1S/C13H17ClN4O/c1-9(10-5-4-6-11(14)7-10)18(3)13-17-16-12(19-13)8-15-2/h4-7,9,15H,8H2,1-3H3. The van der Waals surface area contributed by atoms with E-state index in [0.717, 1.165) is 10.6 Å². The number of anilines is 1. The van der Waals surface area contributed by atoms with Crippen molar-refractivity contribution in [3.63, 3.8) is 0 Å². The summed E-state index contributed by atoms with van der Waals surface area (Å²) in [6.45, 7) is 2.62. The third-order valence-corrected chi connectivity index (χ3v) is 3.23. The summed E-state index contributed by atoms with van der Waals surface area (Å²) in [5.74, 6) is 0.572. The highest BCUT2D eigenvalue weighted by atomic mass is 35.5. The molecule has 2 rings (SSSR count). The molecule has 2 aromatic rings. The van der Waals surface area contributed by atoms with Crippen LogP contribution in [0.2, 0.25) is 5.02 Å². The number of aromatic nitrogens is 2. The summed E-state index contributed by atoms with van der Waals surface area (Å²) in [6, 6.07) is 8.35. The molecule has 102 valence electrons. The van der Waals surface area contributed by atoms with Crippen LogP contribution in [0.15, 0.2) is 28.7 Å². The Bertz CT molecular complexity index is 543. The lowest BCUT2D eigenvalue weighted by molar-refractivity contribution is 0.467. The van der Waals surface area contributed by atoms with Crippen LogP contribution in [0.4, 0.5) is 6.01 Å². The summed E-state index contributed by atoms with van der Waals surface area (Å²) in [6.07, 6.45) is 0. The van der Waals surface area contributed by atoms with Crippen molar-refractivity contribution >= 4 is 17.6 Å². The van der Waals surface area contributed by atoms with Crippen LogP contribution in [0.5, 0.6) is 0 Å². The largest absolute Gasteiger partial charge is 0.407 e. The van der Waals surface area contributed by atoms with Crippen LogP contribution in [0.25, 0.3) is 0 Å². The first-order valence-corrected chi connectivity index (χ1v) is 6.45. The van der Waals surface area contributed by atoms with E-state index in [1.807, 2.05) is 43.3 Å². The molecular weight excluding hydrogens is 264 g/mol. The van der Waals surface area contributed by atoms with Crippen LogP contribution in [-0.2, 0) is 6.54 Å². The van der Waals surface area contributed by atoms with Crippen molar-refractivity contribution in [3.8, 4) is 0 Å². The SMILES string of the molecule is CNCc1nnc(N(C)C(C)c2cccc(Cl)c2)o1. The van der Waals surface area contributed by atoms with Gasteiger partial charge in [-0.15, -0.1) is 5.10 Å². The molecule has 0 amide bonds. The summed E-state index contributed by atoms with van der Waals surface area (Å²) in [4.78, 5) is 1.93. The van der Waals surface area contributed by atoms with Crippen LogP contribution in [0, 0.1) is 0 Å². The van der Waals surface area contributed by atoms with Crippen molar-refractivity contribution in [3.05, 3.63) is 40.7 Å². The van der Waals surface area contributed by atoms with Crippen LogP contribution >= 0.6 is 11.6 Å². The molecule has 0 bridgehead atoms. The van der Waals surface area contributed by atoms with Gasteiger partial charge in [0.2, 0.25) is 5.89 Å². The van der Waals surface area contributed by atoms with Crippen molar-refractivity contribution in [2.75, 3.05) is 19.0 Å². The second kappa shape index (κ2) is 6.04. The van der Waals surface area contributed by atoms with Gasteiger partial charge in [-0.05, 0) is 31.7 Å². The lowest BCUT2D eigenvalue weighted by Gasteiger charge is -2.23. The topological polar surface area (TPSA) is 54.2 Å². The zero-order chi connectivity index (χ0) is 13.8. The van der Waals surface area contributed by atoms with E-state index in [0.29, 0.717) is 18.5 Å². The summed E-state index contributed by atoms with van der Waals surface area (Å²) in [7, 11) is 3.75. The van der Waals surface area contributed by atoms with E-state index in [1.54, 1.807) is 0 Å². The van der Waals surface area contributed by atoms with E-state index >= 15 is 0 Å². The predicted molar refractivity (Wildman–Crippen MR) is 75.3 cm³/mol. The van der Waals surface area contributed by atoms with Gasteiger partial charge in [0.25, 0.3) is 0 Å². The van der Waals surface area contributed by atoms with Crippen molar-refractivity contribution < 1.29 is 4.42 Å². The Balaban J connectivity index is 2.15. The number of benzene rings is 1. The second-order valence-electron chi connectivity index (χ2n) is 4.35. The Morgan fingerprint density at radius 2 is 2.21 bits per heavy atom. The summed E-state index contributed by atoms with van der Waals surface area (Å²) in [5, 5.41) is 11.7. The molecule has 0 fully saturated rings. The van der Waals surface area contributed by atoms with Gasteiger partial charge >= 0.3 is 6.01 Å². The average Bonchev–Trinajstić information content (AvgIpc) is 2.86. The Hall–Kier alpha value is -1.59. The van der Waals surface area contributed by atoms with E-state index in [4.69, 9.17) is 16.0 Å². The summed E-state index contributed by atoms with van der Waals surface area (Å²) in [5.41, 5.74) is 1.10. The van der Waals surface area contributed by atoms with Crippen molar-refractivity contribution in [2.24, 2.45) is 0 Å². The highest BCUT2D eigenvalue weighted by molar-refractivity contribution is 6.30. The maximum atomic E-state index is 6.01. The second-order valence-corrected chi connectivity index (χ2v) is 4.79. The molecule has 1 aromatic carbocycles. The number of hydrogen-bond acceptors (Lipinski definition) is 5. The minimum atomic E-state index is 0.0987. The molecule has 6 heteroatoms. The molecule has 0 saturated heterocycles. The van der Waals surface area contributed by atoms with Gasteiger partial charge in [0.05, 0.1) is 12.6 Å². The lowest BCUT2D eigenvalue weighted by atomic mass is 10.1. The fourth-order valence-corrected chi connectivity index (χ4v) is 1.96. The number of rotatable bonds is 5. The average molecular weight is 281 g/mol. The maximum Gasteiger partial charge on any atom is 0.318 e. The van der Waals surface area contributed by atoms with Crippen LogP contribution in [0.3, 0.4) is 0 Å². The van der Waals surface area contributed by atoms with Crippen LogP contribution < -0.4 is 10.2 Å². The normalized spacial score (nSPS) is 12.4.